The Bertz CT molecular complexity index is 1010. The number of fused-ring (bicyclic) bond motifs is 1. The number of hydrogen-bond donors (Lipinski definition) is 1. The van der Waals surface area contributed by atoms with E-state index in [-0.39, 0.29) is 18.5 Å². The zero-order valence-corrected chi connectivity index (χ0v) is 17.7. The number of aromatic nitrogens is 2. The standard InChI is InChI=1S/C19H21N3O3.C5H5N/c1-12-15(4-3-9-21-12)19(24)22(11-18(20)23)17-8-6-13-5-7-14(25-2)10-16(13)17;1-2-4-6-5-3-1/h3-5,7,9-10,17H,6,8,11H2,1-2H3,(H2,20,23);1-5H. The number of nitrogens with zero attached hydrogens (tertiary/aromatic N) is 3. The third kappa shape index (κ3) is 5.45. The Balaban J connectivity index is 0.000000391. The molecule has 1 atom stereocenters. The number of aryl methyl sites for hydroxylation is 2. The van der Waals surface area contributed by atoms with Gasteiger partial charge >= 0.3 is 0 Å². The molecule has 2 heterocycles. The minimum Gasteiger partial charge on any atom is -0.497 e. The lowest BCUT2D eigenvalue weighted by Crippen LogP contribution is -2.40. The van der Waals surface area contributed by atoms with Gasteiger partial charge in [0.25, 0.3) is 5.91 Å². The molecule has 7 heteroatoms. The summed E-state index contributed by atoms with van der Waals surface area (Å²) in [5.74, 6) is -0.0361. The molecule has 1 aromatic carbocycles. The average molecular weight is 418 g/mol. The fraction of sp³-hybridized carbons (Fsp3) is 0.250. The molecule has 2 N–H and O–H groups in total. The number of pyridine rings is 2. The summed E-state index contributed by atoms with van der Waals surface area (Å²) in [7, 11) is 1.61. The topological polar surface area (TPSA) is 98.4 Å². The maximum atomic E-state index is 13.1. The molecule has 2 aromatic heterocycles. The average Bonchev–Trinajstić information content (AvgIpc) is 3.21. The van der Waals surface area contributed by atoms with Gasteiger partial charge in [-0.3, -0.25) is 19.6 Å². The van der Waals surface area contributed by atoms with Gasteiger partial charge in [-0.25, -0.2) is 0 Å². The predicted octanol–water partition coefficient (Wildman–Crippen LogP) is 3.10. The van der Waals surface area contributed by atoms with E-state index in [1.807, 2.05) is 36.4 Å². The van der Waals surface area contributed by atoms with Crippen molar-refractivity contribution >= 4 is 11.8 Å². The maximum absolute atomic E-state index is 13.1. The molecule has 0 bridgehead atoms. The Morgan fingerprint density at radius 3 is 2.48 bits per heavy atom. The molecule has 0 saturated carbocycles. The summed E-state index contributed by atoms with van der Waals surface area (Å²) in [6.07, 6.45) is 6.74. The van der Waals surface area contributed by atoms with E-state index in [4.69, 9.17) is 10.5 Å². The summed E-state index contributed by atoms with van der Waals surface area (Å²) in [4.78, 5) is 34.2. The summed E-state index contributed by atoms with van der Waals surface area (Å²) in [6, 6.07) is 14.8. The number of benzene rings is 1. The molecule has 1 unspecified atom stereocenters. The Kier molecular flexibility index (Phi) is 7.32. The zero-order valence-electron chi connectivity index (χ0n) is 17.7. The lowest BCUT2D eigenvalue weighted by molar-refractivity contribution is -0.119. The third-order valence-corrected chi connectivity index (χ3v) is 5.17. The fourth-order valence-electron chi connectivity index (χ4n) is 3.68. The molecule has 2 amide bonds. The van der Waals surface area contributed by atoms with Crippen LogP contribution in [0.2, 0.25) is 0 Å². The van der Waals surface area contributed by atoms with Crippen LogP contribution in [-0.4, -0.2) is 40.3 Å². The summed E-state index contributed by atoms with van der Waals surface area (Å²) in [5, 5.41) is 0. The van der Waals surface area contributed by atoms with E-state index in [1.54, 1.807) is 49.7 Å². The number of ether oxygens (including phenoxy) is 1. The van der Waals surface area contributed by atoms with Crippen molar-refractivity contribution < 1.29 is 14.3 Å². The van der Waals surface area contributed by atoms with Gasteiger partial charge in [0.15, 0.2) is 0 Å². The maximum Gasteiger partial charge on any atom is 0.256 e. The third-order valence-electron chi connectivity index (χ3n) is 5.17. The lowest BCUT2D eigenvalue weighted by atomic mass is 10.0. The highest BCUT2D eigenvalue weighted by atomic mass is 16.5. The van der Waals surface area contributed by atoms with Crippen molar-refractivity contribution in [1.82, 2.24) is 14.9 Å². The van der Waals surface area contributed by atoms with E-state index in [1.165, 1.54) is 0 Å². The van der Waals surface area contributed by atoms with Gasteiger partial charge in [-0.05, 0) is 67.3 Å². The highest BCUT2D eigenvalue weighted by molar-refractivity contribution is 5.97. The molecule has 7 nitrogen and oxygen atoms in total. The van der Waals surface area contributed by atoms with Crippen molar-refractivity contribution in [3.05, 3.63) is 89.5 Å². The Morgan fingerprint density at radius 1 is 1.13 bits per heavy atom. The number of hydrogen-bond acceptors (Lipinski definition) is 5. The van der Waals surface area contributed by atoms with Crippen LogP contribution in [0.4, 0.5) is 0 Å². The van der Waals surface area contributed by atoms with Gasteiger partial charge < -0.3 is 15.4 Å². The van der Waals surface area contributed by atoms with Crippen LogP contribution in [-0.2, 0) is 11.2 Å². The van der Waals surface area contributed by atoms with Crippen LogP contribution < -0.4 is 10.5 Å². The molecule has 0 fully saturated rings. The van der Waals surface area contributed by atoms with Gasteiger partial charge in [0.2, 0.25) is 5.91 Å². The van der Waals surface area contributed by atoms with Crippen molar-refractivity contribution in [3.8, 4) is 5.75 Å². The summed E-state index contributed by atoms with van der Waals surface area (Å²) >= 11 is 0. The first-order valence-electron chi connectivity index (χ1n) is 10.0. The molecular formula is C24H26N4O3. The first-order chi connectivity index (χ1) is 15.0. The molecule has 0 spiro atoms. The van der Waals surface area contributed by atoms with E-state index in [2.05, 4.69) is 9.97 Å². The first kappa shape index (κ1) is 22.0. The zero-order chi connectivity index (χ0) is 22.2. The van der Waals surface area contributed by atoms with Crippen molar-refractivity contribution in [3.63, 3.8) is 0 Å². The van der Waals surface area contributed by atoms with Crippen LogP contribution >= 0.6 is 0 Å². The second-order valence-electron chi connectivity index (χ2n) is 7.18. The molecule has 0 saturated heterocycles. The number of carbonyl (C=O) groups is 2. The predicted molar refractivity (Wildman–Crippen MR) is 117 cm³/mol. The summed E-state index contributed by atoms with van der Waals surface area (Å²) in [5.41, 5.74) is 8.71. The van der Waals surface area contributed by atoms with E-state index in [0.717, 1.165) is 29.7 Å². The van der Waals surface area contributed by atoms with Crippen LogP contribution in [0.1, 0.15) is 39.6 Å². The van der Waals surface area contributed by atoms with Crippen LogP contribution in [0.15, 0.2) is 67.1 Å². The molecule has 31 heavy (non-hydrogen) atoms. The van der Waals surface area contributed by atoms with Crippen molar-refractivity contribution in [1.29, 1.82) is 0 Å². The molecule has 3 aromatic rings. The van der Waals surface area contributed by atoms with Gasteiger partial charge in [-0.15, -0.1) is 0 Å². The van der Waals surface area contributed by atoms with Crippen LogP contribution in [0.5, 0.6) is 5.75 Å². The summed E-state index contributed by atoms with van der Waals surface area (Å²) < 4.78 is 5.31. The van der Waals surface area contributed by atoms with Gasteiger partial charge in [0.1, 0.15) is 12.3 Å². The number of methoxy groups -OCH3 is 1. The normalized spacial score (nSPS) is 14.1. The molecule has 0 aliphatic heterocycles. The fourth-order valence-corrected chi connectivity index (χ4v) is 3.68. The Hall–Kier alpha value is -3.74. The first-order valence-corrected chi connectivity index (χ1v) is 10.0. The number of amides is 2. The lowest BCUT2D eigenvalue weighted by Gasteiger charge is -2.29. The van der Waals surface area contributed by atoms with Crippen molar-refractivity contribution in [2.45, 2.75) is 25.8 Å². The van der Waals surface area contributed by atoms with Gasteiger partial charge in [-0.1, -0.05) is 12.1 Å². The van der Waals surface area contributed by atoms with Gasteiger partial charge in [-0.2, -0.15) is 0 Å². The van der Waals surface area contributed by atoms with Crippen LogP contribution in [0.25, 0.3) is 0 Å². The van der Waals surface area contributed by atoms with E-state index >= 15 is 0 Å². The number of carbonyl (C=O) groups excluding carboxylic acids is 2. The molecule has 1 aliphatic rings. The number of primary amides is 1. The minimum atomic E-state index is -0.536. The van der Waals surface area contributed by atoms with E-state index in [9.17, 15) is 9.59 Å². The van der Waals surface area contributed by atoms with E-state index in [0.29, 0.717) is 11.3 Å². The molecular weight excluding hydrogens is 392 g/mol. The molecule has 0 radical (unpaired) electrons. The summed E-state index contributed by atoms with van der Waals surface area (Å²) in [6.45, 7) is 1.65. The van der Waals surface area contributed by atoms with Crippen molar-refractivity contribution in [2.24, 2.45) is 5.73 Å². The monoisotopic (exact) mass is 418 g/mol. The molecule has 4 rings (SSSR count). The minimum absolute atomic E-state index is 0.130. The molecule has 160 valence electrons. The van der Waals surface area contributed by atoms with Gasteiger partial charge in [0.05, 0.1) is 18.7 Å². The SMILES string of the molecule is COc1ccc2c(c1)C(N(CC(N)=O)C(=O)c1cccnc1C)CC2.c1ccncc1. The van der Waals surface area contributed by atoms with Crippen molar-refractivity contribution in [2.75, 3.05) is 13.7 Å². The highest BCUT2D eigenvalue weighted by Gasteiger charge is 2.33. The second-order valence-corrected chi connectivity index (χ2v) is 7.18. The molecule has 1 aliphatic carbocycles. The second kappa shape index (κ2) is 10.3. The largest absolute Gasteiger partial charge is 0.497 e. The number of nitrogens with two attached hydrogens (primary N) is 1. The van der Waals surface area contributed by atoms with Crippen LogP contribution in [0.3, 0.4) is 0 Å². The Morgan fingerprint density at radius 2 is 1.90 bits per heavy atom. The smallest absolute Gasteiger partial charge is 0.256 e. The van der Waals surface area contributed by atoms with E-state index < -0.39 is 5.91 Å². The Labute approximate surface area is 181 Å². The quantitative estimate of drug-likeness (QED) is 0.687. The van der Waals surface area contributed by atoms with Crippen LogP contribution in [0, 0.1) is 6.92 Å². The number of rotatable bonds is 5. The highest BCUT2D eigenvalue weighted by Crippen LogP contribution is 2.38. The van der Waals surface area contributed by atoms with Gasteiger partial charge in [0, 0.05) is 24.3 Å².